The number of thiophene rings is 1. The van der Waals surface area contributed by atoms with Crippen molar-refractivity contribution in [2.45, 2.75) is 13.0 Å². The summed E-state index contributed by atoms with van der Waals surface area (Å²) in [5, 5.41) is 3.36. The molecule has 1 unspecified atom stereocenters. The van der Waals surface area contributed by atoms with Gasteiger partial charge in [-0.1, -0.05) is 11.6 Å². The fourth-order valence-electron chi connectivity index (χ4n) is 2.60. The molecular formula is C20H17ClFNO5S. The predicted octanol–water partition coefficient (Wildman–Crippen LogP) is 4.90. The molecule has 1 atom stereocenters. The van der Waals surface area contributed by atoms with Gasteiger partial charge >= 0.3 is 5.97 Å². The highest BCUT2D eigenvalue weighted by molar-refractivity contribution is 7.21. The number of nitrogens with one attached hydrogen (secondary N) is 1. The van der Waals surface area contributed by atoms with Crippen molar-refractivity contribution in [3.05, 3.63) is 52.1 Å². The number of hydrogen-bond donors (Lipinski definition) is 1. The summed E-state index contributed by atoms with van der Waals surface area (Å²) in [7, 11) is 2.99. The van der Waals surface area contributed by atoms with Crippen LogP contribution >= 0.6 is 22.9 Å². The molecule has 9 heteroatoms. The second-order valence-electron chi connectivity index (χ2n) is 5.99. The molecule has 1 aromatic heterocycles. The van der Waals surface area contributed by atoms with E-state index < -0.39 is 23.8 Å². The fraction of sp³-hybridized carbons (Fsp3) is 0.200. The Labute approximate surface area is 175 Å². The minimum Gasteiger partial charge on any atom is -0.493 e. The largest absolute Gasteiger partial charge is 0.493 e. The molecule has 0 bridgehead atoms. The average molecular weight is 438 g/mol. The maximum Gasteiger partial charge on any atom is 0.350 e. The van der Waals surface area contributed by atoms with Crippen LogP contribution in [0, 0.1) is 5.82 Å². The van der Waals surface area contributed by atoms with E-state index in [1.165, 1.54) is 39.3 Å². The van der Waals surface area contributed by atoms with Gasteiger partial charge in [0.15, 0.2) is 17.6 Å². The molecule has 0 radical (unpaired) electrons. The number of benzene rings is 2. The number of ether oxygens (including phenoxy) is 3. The Morgan fingerprint density at radius 2 is 1.83 bits per heavy atom. The molecule has 0 saturated carbocycles. The second kappa shape index (κ2) is 8.67. The summed E-state index contributed by atoms with van der Waals surface area (Å²) in [5.41, 5.74) is 0.450. The van der Waals surface area contributed by atoms with Crippen LogP contribution < -0.4 is 14.8 Å². The van der Waals surface area contributed by atoms with Crippen molar-refractivity contribution in [3.8, 4) is 11.5 Å². The second-order valence-corrected chi connectivity index (χ2v) is 7.42. The summed E-state index contributed by atoms with van der Waals surface area (Å²) in [6, 6.07) is 8.90. The van der Waals surface area contributed by atoms with Crippen molar-refractivity contribution in [2.75, 3.05) is 19.5 Å². The first-order valence-corrected chi connectivity index (χ1v) is 9.65. The predicted molar refractivity (Wildman–Crippen MR) is 110 cm³/mol. The third-order valence-corrected chi connectivity index (χ3v) is 5.72. The van der Waals surface area contributed by atoms with Gasteiger partial charge in [-0.15, -0.1) is 11.3 Å². The Balaban J connectivity index is 1.71. The summed E-state index contributed by atoms with van der Waals surface area (Å²) in [6.07, 6.45) is -1.09. The number of esters is 1. The molecule has 0 spiro atoms. The van der Waals surface area contributed by atoms with Gasteiger partial charge in [0, 0.05) is 21.8 Å². The number of fused-ring (bicyclic) bond motifs is 1. The Morgan fingerprint density at radius 1 is 1.10 bits per heavy atom. The van der Waals surface area contributed by atoms with Crippen molar-refractivity contribution in [3.63, 3.8) is 0 Å². The summed E-state index contributed by atoms with van der Waals surface area (Å²) in [6.45, 7) is 1.44. The highest BCUT2D eigenvalue weighted by Crippen LogP contribution is 2.36. The molecule has 0 saturated heterocycles. The molecule has 1 N–H and O–H groups in total. The minimum atomic E-state index is -1.09. The SMILES string of the molecule is COc1ccc(NC(=O)C(C)OC(=O)c2sc3cc(F)ccc3c2Cl)cc1OC. The van der Waals surface area contributed by atoms with Crippen LogP contribution in [-0.2, 0) is 9.53 Å². The van der Waals surface area contributed by atoms with Gasteiger partial charge in [-0.3, -0.25) is 4.79 Å². The molecule has 3 rings (SSSR count). The van der Waals surface area contributed by atoms with E-state index in [1.807, 2.05) is 0 Å². The Morgan fingerprint density at radius 3 is 2.52 bits per heavy atom. The monoisotopic (exact) mass is 437 g/mol. The van der Waals surface area contributed by atoms with Gasteiger partial charge in [0.25, 0.3) is 5.91 Å². The van der Waals surface area contributed by atoms with Crippen LogP contribution in [0.2, 0.25) is 5.02 Å². The van der Waals surface area contributed by atoms with Gasteiger partial charge in [-0.2, -0.15) is 0 Å². The fourth-order valence-corrected chi connectivity index (χ4v) is 4.01. The average Bonchev–Trinajstić information content (AvgIpc) is 3.03. The van der Waals surface area contributed by atoms with Crippen LogP contribution in [0.15, 0.2) is 36.4 Å². The smallest absolute Gasteiger partial charge is 0.350 e. The van der Waals surface area contributed by atoms with Crippen LogP contribution in [0.3, 0.4) is 0 Å². The first-order chi connectivity index (χ1) is 13.8. The summed E-state index contributed by atoms with van der Waals surface area (Å²) in [5.74, 6) is -0.765. The number of anilines is 1. The highest BCUT2D eigenvalue weighted by atomic mass is 35.5. The molecule has 2 aromatic carbocycles. The van der Waals surface area contributed by atoms with Gasteiger partial charge in [-0.05, 0) is 37.3 Å². The van der Waals surface area contributed by atoms with Gasteiger partial charge in [0.05, 0.1) is 19.2 Å². The van der Waals surface area contributed by atoms with Crippen LogP contribution in [0.1, 0.15) is 16.6 Å². The number of carbonyl (C=O) groups excluding carboxylic acids is 2. The maximum absolute atomic E-state index is 13.4. The molecular weight excluding hydrogens is 421 g/mol. The number of rotatable bonds is 6. The lowest BCUT2D eigenvalue weighted by molar-refractivity contribution is -0.123. The van der Waals surface area contributed by atoms with Gasteiger partial charge < -0.3 is 19.5 Å². The molecule has 3 aromatic rings. The molecule has 29 heavy (non-hydrogen) atoms. The molecule has 0 aliphatic rings. The summed E-state index contributed by atoms with van der Waals surface area (Å²) < 4.78 is 29.5. The van der Waals surface area contributed by atoms with Crippen molar-refractivity contribution in [2.24, 2.45) is 0 Å². The van der Waals surface area contributed by atoms with Crippen LogP contribution in [0.4, 0.5) is 10.1 Å². The lowest BCUT2D eigenvalue weighted by Crippen LogP contribution is -2.29. The van der Waals surface area contributed by atoms with E-state index in [0.717, 1.165) is 11.3 Å². The maximum atomic E-state index is 13.4. The molecule has 1 amide bonds. The van der Waals surface area contributed by atoms with E-state index in [9.17, 15) is 14.0 Å². The van der Waals surface area contributed by atoms with E-state index in [2.05, 4.69) is 5.32 Å². The number of carbonyl (C=O) groups is 2. The Hall–Kier alpha value is -2.84. The first-order valence-electron chi connectivity index (χ1n) is 8.45. The van der Waals surface area contributed by atoms with E-state index in [1.54, 1.807) is 18.2 Å². The molecule has 6 nitrogen and oxygen atoms in total. The Kier molecular flexibility index (Phi) is 6.24. The van der Waals surface area contributed by atoms with Crippen molar-refractivity contribution in [1.29, 1.82) is 0 Å². The topological polar surface area (TPSA) is 73.9 Å². The highest BCUT2D eigenvalue weighted by Gasteiger charge is 2.24. The normalized spacial score (nSPS) is 11.8. The van der Waals surface area contributed by atoms with Crippen LogP contribution in [0.25, 0.3) is 10.1 Å². The zero-order valence-electron chi connectivity index (χ0n) is 15.7. The lowest BCUT2D eigenvalue weighted by atomic mass is 10.2. The zero-order valence-corrected chi connectivity index (χ0v) is 17.3. The van der Waals surface area contributed by atoms with Gasteiger partial charge in [0.1, 0.15) is 10.7 Å². The van der Waals surface area contributed by atoms with E-state index >= 15 is 0 Å². The number of halogens is 2. The van der Waals surface area contributed by atoms with E-state index in [0.29, 0.717) is 27.3 Å². The van der Waals surface area contributed by atoms with Crippen LogP contribution in [-0.4, -0.2) is 32.2 Å². The lowest BCUT2D eigenvalue weighted by Gasteiger charge is -2.14. The van der Waals surface area contributed by atoms with Gasteiger partial charge in [-0.25, -0.2) is 9.18 Å². The van der Waals surface area contributed by atoms with Crippen LogP contribution in [0.5, 0.6) is 11.5 Å². The van der Waals surface area contributed by atoms with Crippen molar-refractivity contribution in [1.82, 2.24) is 0 Å². The van der Waals surface area contributed by atoms with Crippen molar-refractivity contribution < 1.29 is 28.2 Å². The van der Waals surface area contributed by atoms with E-state index in [4.69, 9.17) is 25.8 Å². The minimum absolute atomic E-state index is 0.109. The third-order valence-electron chi connectivity index (χ3n) is 4.08. The summed E-state index contributed by atoms with van der Waals surface area (Å²) >= 11 is 7.22. The first kappa shape index (κ1) is 20.9. The summed E-state index contributed by atoms with van der Waals surface area (Å²) in [4.78, 5) is 25.0. The molecule has 1 heterocycles. The molecule has 152 valence electrons. The molecule has 0 fully saturated rings. The quantitative estimate of drug-likeness (QED) is 0.555. The number of methoxy groups -OCH3 is 2. The third kappa shape index (κ3) is 4.44. The van der Waals surface area contributed by atoms with Gasteiger partial charge in [0.2, 0.25) is 0 Å². The number of hydrogen-bond acceptors (Lipinski definition) is 6. The number of amides is 1. The van der Waals surface area contributed by atoms with E-state index in [-0.39, 0.29) is 9.90 Å². The molecule has 0 aliphatic heterocycles. The Bertz CT molecular complexity index is 1080. The molecule has 0 aliphatic carbocycles. The zero-order chi connectivity index (χ0) is 21.1. The van der Waals surface area contributed by atoms with Crippen molar-refractivity contribution >= 4 is 50.6 Å². The standard InChI is InChI=1S/C20H17ClFNO5S/c1-10(19(24)23-12-5-7-14(26-2)15(9-12)27-3)28-20(25)18-17(21)13-6-4-11(22)8-16(13)29-18/h4-10H,1-3H3,(H,23,24).